The molecule has 32 atom stereocenters. The molecule has 0 amide bonds. The van der Waals surface area contributed by atoms with Gasteiger partial charge in [-0.1, -0.05) is 0 Å². The second-order valence-corrected chi connectivity index (χ2v) is 20.6. The Balaban J connectivity index is 1.41. The summed E-state index contributed by atoms with van der Waals surface area (Å²) in [7, 11) is 0. The van der Waals surface area contributed by atoms with Crippen molar-refractivity contribution in [2.45, 2.75) is 214 Å². The summed E-state index contributed by atoms with van der Waals surface area (Å²) in [5.41, 5.74) is 0. The van der Waals surface area contributed by atoms with Crippen molar-refractivity contribution in [3.63, 3.8) is 0 Å². The van der Waals surface area contributed by atoms with E-state index in [2.05, 4.69) is 0 Å². The molecule has 0 aliphatic carbocycles. The monoisotopic (exact) mass is 1220 g/mol. The van der Waals surface area contributed by atoms with Crippen molar-refractivity contribution >= 4 is 17.9 Å². The molecule has 0 bridgehead atoms. The van der Waals surface area contributed by atoms with Gasteiger partial charge in [0, 0.05) is 19.3 Å². The van der Waals surface area contributed by atoms with Crippen LogP contribution in [0.4, 0.5) is 0 Å². The Hall–Kier alpha value is -2.91. The van der Waals surface area contributed by atoms with Crippen molar-refractivity contribution in [2.24, 2.45) is 0 Å². The fourth-order valence-electron chi connectivity index (χ4n) is 10.3. The number of aliphatic hydroxyl groups excluding tert-OH is 21. The summed E-state index contributed by atoms with van der Waals surface area (Å²) in [6.45, 7) is -7.69. The fourth-order valence-corrected chi connectivity index (χ4v) is 10.3. The number of carbonyl (C=O) groups is 3. The van der Waals surface area contributed by atoms with E-state index >= 15 is 0 Å². The Morgan fingerprint density at radius 1 is 0.410 bits per heavy atom. The summed E-state index contributed by atoms with van der Waals surface area (Å²) in [6, 6.07) is 0. The van der Waals surface area contributed by atoms with E-state index < -0.39 is 272 Å². The molecule has 25 N–H and O–H groups in total. The molecule has 39 heteroatoms. The van der Waals surface area contributed by atoms with Gasteiger partial charge in [0.25, 0.3) is 17.4 Å². The highest BCUT2D eigenvalue weighted by Crippen LogP contribution is 2.45. The third-order valence-corrected chi connectivity index (χ3v) is 14.9. The number of hydrogen-bond donors (Lipinski definition) is 25. The lowest BCUT2D eigenvalue weighted by molar-refractivity contribution is -0.410. The maximum atomic E-state index is 13.7. The lowest BCUT2D eigenvalue weighted by Gasteiger charge is -2.52. The Labute approximate surface area is 465 Å². The molecule has 39 nitrogen and oxygen atoms in total. The number of carboxylic acid groups (broad SMARTS) is 3. The second-order valence-electron chi connectivity index (χ2n) is 20.6. The predicted octanol–water partition coefficient (Wildman–Crippen LogP) is -15.8. The minimum absolute atomic E-state index is 1.00. The van der Waals surface area contributed by atoms with Gasteiger partial charge in [-0.05, 0) is 0 Å². The molecule has 0 radical (unpaired) electrons. The Kier molecular flexibility index (Phi) is 23.4. The lowest BCUT2D eigenvalue weighted by Crippen LogP contribution is -2.71. The first-order chi connectivity index (χ1) is 38.8. The summed E-state index contributed by atoms with van der Waals surface area (Å²) >= 11 is 0. The van der Waals surface area contributed by atoms with Crippen LogP contribution in [-0.4, -0.2) is 380 Å². The fraction of sp³-hybridized carbons (Fsp3) is 0.932. The average molecular weight is 1230 g/mol. The second kappa shape index (κ2) is 28.1. The molecule has 0 aromatic carbocycles. The van der Waals surface area contributed by atoms with E-state index in [1.165, 1.54) is 0 Å². The Morgan fingerprint density at radius 2 is 0.807 bits per heavy atom. The summed E-state index contributed by atoms with van der Waals surface area (Å²) in [6.07, 6.45) is -72.1. The molecule has 0 aromatic rings. The van der Waals surface area contributed by atoms with E-state index in [0.29, 0.717) is 0 Å². The molecule has 6 saturated heterocycles. The van der Waals surface area contributed by atoms with Crippen molar-refractivity contribution in [3.8, 4) is 0 Å². The van der Waals surface area contributed by atoms with Crippen molar-refractivity contribution in [1.29, 1.82) is 0 Å². The zero-order chi connectivity index (χ0) is 62.1. The first kappa shape index (κ1) is 69.2. The van der Waals surface area contributed by atoms with E-state index in [0.717, 1.165) is 0 Å². The highest BCUT2D eigenvalue weighted by Gasteiger charge is 2.65. The molecule has 6 fully saturated rings. The predicted molar refractivity (Wildman–Crippen MR) is 245 cm³/mol. The van der Waals surface area contributed by atoms with Crippen LogP contribution >= 0.6 is 0 Å². The van der Waals surface area contributed by atoms with Crippen LogP contribution < -0.4 is 0 Å². The van der Waals surface area contributed by atoms with Gasteiger partial charge in [-0.25, -0.2) is 14.4 Å². The molecule has 482 valence electrons. The zero-order valence-corrected chi connectivity index (χ0v) is 43.0. The SMILES string of the molecule is O=C(O)[C@@]1(O[C@@H]2C[C@](O[C@@H]3C[C@](O)(C(=O)O)O[C@H]([C@H](O)CO)[C@@H]3O[C@H]3O[C@H]([C@@H](O)CO)[C@@H](O)[C@H](O[C@H]4O[C@H]([C@@H](O)CO)[C@@H](O)[C@H](O[C@H]5O[C@H](CO)[C@@H](O)[C@H](O)[C@H]5O)[C@@H]4O)[C@@H]3O)(C(=O)O)O[C@H]([C@H](O)CO)[C@@H]2O)C[C@@H](O)[C@@H](O)[C@@H]([C@H](O)CO)O1. The summed E-state index contributed by atoms with van der Waals surface area (Å²) in [5, 5.41) is 267. The van der Waals surface area contributed by atoms with E-state index in [-0.39, 0.29) is 0 Å². The molecule has 6 rings (SSSR count). The van der Waals surface area contributed by atoms with Gasteiger partial charge < -0.3 is 180 Å². The number of carboxylic acids is 3. The lowest BCUT2D eigenvalue weighted by atomic mass is 9.88. The number of ether oxygens (including phenoxy) is 11. The van der Waals surface area contributed by atoms with Gasteiger partial charge in [0.15, 0.2) is 18.9 Å². The van der Waals surface area contributed by atoms with E-state index in [1.807, 2.05) is 0 Å². The molecule has 0 saturated carbocycles. The van der Waals surface area contributed by atoms with Crippen molar-refractivity contribution in [2.75, 3.05) is 39.6 Å². The molecule has 6 heterocycles. The van der Waals surface area contributed by atoms with E-state index in [4.69, 9.17) is 52.1 Å². The summed E-state index contributed by atoms with van der Waals surface area (Å²) in [4.78, 5) is 39.3. The number of aliphatic hydroxyl groups is 22. The Bertz CT molecular complexity index is 2120. The molecule has 83 heavy (non-hydrogen) atoms. The first-order valence-corrected chi connectivity index (χ1v) is 25.5. The van der Waals surface area contributed by atoms with Crippen molar-refractivity contribution in [3.05, 3.63) is 0 Å². The highest BCUT2D eigenvalue weighted by molar-refractivity contribution is 5.77. The van der Waals surface area contributed by atoms with Gasteiger partial charge >= 0.3 is 17.9 Å². The van der Waals surface area contributed by atoms with Crippen LogP contribution in [0.25, 0.3) is 0 Å². The van der Waals surface area contributed by atoms with Gasteiger partial charge in [-0.2, -0.15) is 0 Å². The first-order valence-electron chi connectivity index (χ1n) is 25.5. The largest absolute Gasteiger partial charge is 0.477 e. The van der Waals surface area contributed by atoms with Crippen LogP contribution in [0.2, 0.25) is 0 Å². The van der Waals surface area contributed by atoms with Crippen LogP contribution in [0.15, 0.2) is 0 Å². The average Bonchev–Trinajstić information content (AvgIpc) is 2.72. The topological polar surface area (TPSA) is 658 Å². The van der Waals surface area contributed by atoms with Gasteiger partial charge in [0.05, 0.1) is 58.0 Å². The van der Waals surface area contributed by atoms with Gasteiger partial charge in [0.1, 0.15) is 140 Å². The van der Waals surface area contributed by atoms with Crippen LogP contribution in [0, 0.1) is 0 Å². The quantitative estimate of drug-likeness (QED) is 0.0427. The minimum atomic E-state index is -3.68. The highest BCUT2D eigenvalue weighted by atomic mass is 16.8. The molecule has 0 aromatic heterocycles. The standard InChI is InChI=1S/C44H72O39/c45-4-11(52)28-25(63)35(78-38-27(65)34(24(62)29(75-38)12(53)5-46)77-36-23(61)22(60)20(58)18(9-50)73-36)26(64)37(74-28)76-33-17(2-42(72,39(66)67)81-32(33)15(56)8-49)80-44(41(70)71)3-16(21(59)31(83-44)14(55)7-48)79-43(40(68)69)1-10(51)19(57)30(82-43)13(54)6-47/h10-38,45-65,72H,1-9H2,(H,66,67)(H,68,69)(H,70,71)/t10-,11+,12+,13-,14-,15-,16-,17-,18-,19-,20-,21-,22+,23-,24-,25-,26+,27+,28-,29-,30-,31-,32-,33-,34+,35+,36-,37-,38-,42-,43-,44-/m1/s1. The molecule has 6 aliphatic rings. The van der Waals surface area contributed by atoms with Gasteiger partial charge in [0.2, 0.25) is 0 Å². The maximum Gasteiger partial charge on any atom is 0.364 e. The molecular weight excluding hydrogens is 1150 g/mol. The maximum absolute atomic E-state index is 13.7. The molecule has 6 aliphatic heterocycles. The number of aliphatic carboxylic acids is 3. The number of rotatable bonds is 24. The van der Waals surface area contributed by atoms with Crippen LogP contribution in [-0.2, 0) is 66.5 Å². The zero-order valence-electron chi connectivity index (χ0n) is 43.0. The van der Waals surface area contributed by atoms with Crippen LogP contribution in [0.1, 0.15) is 19.3 Å². The molecule has 0 spiro atoms. The minimum Gasteiger partial charge on any atom is -0.477 e. The Morgan fingerprint density at radius 3 is 1.24 bits per heavy atom. The summed E-state index contributed by atoms with van der Waals surface area (Å²) in [5.74, 6) is -17.6. The normalized spacial score (nSPS) is 47.2. The van der Waals surface area contributed by atoms with Crippen LogP contribution in [0.3, 0.4) is 0 Å². The molecular formula is C44H72O39. The van der Waals surface area contributed by atoms with E-state index in [1.54, 1.807) is 0 Å². The third-order valence-electron chi connectivity index (χ3n) is 14.9. The van der Waals surface area contributed by atoms with Gasteiger partial charge in [-0.15, -0.1) is 0 Å². The van der Waals surface area contributed by atoms with Crippen molar-refractivity contribution in [1.82, 2.24) is 0 Å². The van der Waals surface area contributed by atoms with Crippen molar-refractivity contribution < 1.29 is 194 Å². The smallest absolute Gasteiger partial charge is 0.364 e. The third kappa shape index (κ3) is 14.0. The van der Waals surface area contributed by atoms with Gasteiger partial charge in [-0.3, -0.25) is 0 Å². The van der Waals surface area contributed by atoms with Crippen LogP contribution in [0.5, 0.6) is 0 Å². The van der Waals surface area contributed by atoms with E-state index in [9.17, 15) is 142 Å². The number of hydrogen-bond acceptors (Lipinski definition) is 36. The summed E-state index contributed by atoms with van der Waals surface area (Å²) < 4.78 is 61.4. The molecule has 0 unspecified atom stereocenters.